The molecule has 4 N–H and O–H groups in total. The number of carboxylic acid groups (broad SMARTS) is 1. The third-order valence-corrected chi connectivity index (χ3v) is 11.3. The Morgan fingerprint density at radius 2 is 1.16 bits per heavy atom. The fourth-order valence-corrected chi connectivity index (χ4v) is 8.72. The lowest BCUT2D eigenvalue weighted by atomic mass is 9.84. The van der Waals surface area contributed by atoms with Crippen molar-refractivity contribution in [3.05, 3.63) is 167 Å². The summed E-state index contributed by atoms with van der Waals surface area (Å²) in [4.78, 5) is 39.6. The van der Waals surface area contributed by atoms with Gasteiger partial charge in [-0.3, -0.25) is 9.59 Å². The van der Waals surface area contributed by atoms with E-state index in [1.54, 1.807) is 11.8 Å². The lowest BCUT2D eigenvalue weighted by Crippen LogP contribution is -2.47. The van der Waals surface area contributed by atoms with E-state index in [1.165, 1.54) is 4.90 Å². The van der Waals surface area contributed by atoms with Crippen LogP contribution in [0.1, 0.15) is 59.4 Å². The number of hydrogen-bond donors (Lipinski definition) is 3. The molecule has 7 nitrogen and oxygen atoms in total. The summed E-state index contributed by atoms with van der Waals surface area (Å²) in [7, 11) is 0. The number of fused-ring (bicyclic) bond motifs is 3. The van der Waals surface area contributed by atoms with Crippen LogP contribution < -0.4 is 11.1 Å². The second-order valence-electron chi connectivity index (χ2n) is 12.9. The van der Waals surface area contributed by atoms with Crippen LogP contribution in [0.25, 0.3) is 11.1 Å². The normalized spacial score (nSPS) is 12.8. The number of unbranched alkanes of at least 4 members (excludes halogenated alkanes) is 2. The van der Waals surface area contributed by atoms with Gasteiger partial charge in [0, 0.05) is 31.2 Å². The summed E-state index contributed by atoms with van der Waals surface area (Å²) in [5.74, 6) is -0.599. The van der Waals surface area contributed by atoms with Crippen LogP contribution >= 0.6 is 11.8 Å². The van der Waals surface area contributed by atoms with Crippen LogP contribution in [0.2, 0.25) is 0 Å². The van der Waals surface area contributed by atoms with Gasteiger partial charge in [-0.2, -0.15) is 0 Å². The van der Waals surface area contributed by atoms with E-state index in [4.69, 9.17) is 5.73 Å². The molecule has 0 spiro atoms. The van der Waals surface area contributed by atoms with Crippen LogP contribution in [0.5, 0.6) is 0 Å². The minimum atomic E-state index is -0.950. The van der Waals surface area contributed by atoms with Crippen molar-refractivity contribution in [2.45, 2.75) is 42.4 Å². The maximum atomic E-state index is 13.1. The van der Waals surface area contributed by atoms with Gasteiger partial charge in [0.1, 0.15) is 6.04 Å². The Balaban J connectivity index is 1.06. The summed E-state index contributed by atoms with van der Waals surface area (Å²) in [5, 5.41) is 13.0. The number of benzene rings is 5. The molecule has 0 unspecified atom stereocenters. The highest BCUT2D eigenvalue weighted by atomic mass is 32.2. The topological polar surface area (TPSA) is 113 Å². The maximum Gasteiger partial charge on any atom is 0.407 e. The zero-order valence-electron chi connectivity index (χ0n) is 28.5. The number of thioether (sulfide) groups is 1. The predicted octanol–water partition coefficient (Wildman–Crippen LogP) is 8.03. The highest BCUT2D eigenvalue weighted by molar-refractivity contribution is 8.00. The molecule has 0 aromatic heterocycles. The Kier molecular flexibility index (Phi) is 11.5. The van der Waals surface area contributed by atoms with Gasteiger partial charge in [-0.25, -0.2) is 4.79 Å². The molecule has 0 bridgehead atoms. The highest BCUT2D eigenvalue weighted by Gasteiger charge is 2.38. The number of primary amides is 1. The quantitative estimate of drug-likeness (QED) is 0.0714. The van der Waals surface area contributed by atoms with Crippen LogP contribution in [0, 0.1) is 0 Å². The summed E-state index contributed by atoms with van der Waals surface area (Å²) in [6, 6.07) is 46.0. The molecule has 5 aromatic carbocycles. The lowest BCUT2D eigenvalue weighted by Gasteiger charge is -2.36. The van der Waals surface area contributed by atoms with Gasteiger partial charge in [-0.15, -0.1) is 11.8 Å². The number of hydrogen-bond acceptors (Lipinski definition) is 4. The van der Waals surface area contributed by atoms with Crippen LogP contribution in [0.4, 0.5) is 4.79 Å². The third kappa shape index (κ3) is 8.02. The zero-order valence-corrected chi connectivity index (χ0v) is 29.3. The fourth-order valence-electron chi connectivity index (χ4n) is 7.15. The first kappa shape index (κ1) is 35.5. The summed E-state index contributed by atoms with van der Waals surface area (Å²) in [6.45, 7) is 0.747. The van der Waals surface area contributed by atoms with E-state index in [9.17, 15) is 19.5 Å². The number of carbonyl (C=O) groups is 3. The van der Waals surface area contributed by atoms with Crippen molar-refractivity contribution in [1.29, 1.82) is 0 Å². The van der Waals surface area contributed by atoms with E-state index in [0.717, 1.165) is 38.9 Å². The SMILES string of the molecule is NC(=O)[C@H](CSC(c1ccccc1)(c1ccccc1)c1ccccc1)NC(=O)CCCCCN(CC1c2ccccc2-c2ccccc21)C(=O)O. The van der Waals surface area contributed by atoms with Crippen molar-refractivity contribution in [3.8, 4) is 11.1 Å². The molecule has 1 atom stereocenters. The fraction of sp³-hybridized carbons (Fsp3) is 0.233. The van der Waals surface area contributed by atoms with Crippen molar-refractivity contribution < 1.29 is 19.5 Å². The molecule has 1 aliphatic carbocycles. The maximum absolute atomic E-state index is 13.1. The number of nitrogens with zero attached hydrogens (tertiary/aromatic N) is 1. The molecule has 3 amide bonds. The Morgan fingerprint density at radius 1 is 0.686 bits per heavy atom. The molecule has 0 aliphatic heterocycles. The zero-order chi connectivity index (χ0) is 35.6. The molecule has 6 rings (SSSR count). The monoisotopic (exact) mass is 697 g/mol. The number of nitrogens with two attached hydrogens (primary N) is 1. The first-order valence-corrected chi connectivity index (χ1v) is 18.4. The van der Waals surface area contributed by atoms with Crippen LogP contribution in [-0.2, 0) is 14.3 Å². The molecular weight excluding hydrogens is 655 g/mol. The average molecular weight is 698 g/mol. The largest absolute Gasteiger partial charge is 0.465 e. The first-order valence-electron chi connectivity index (χ1n) is 17.4. The number of amides is 3. The van der Waals surface area contributed by atoms with E-state index in [-0.39, 0.29) is 24.0 Å². The van der Waals surface area contributed by atoms with E-state index in [1.807, 2.05) is 78.9 Å². The number of nitrogens with one attached hydrogen (secondary N) is 1. The van der Waals surface area contributed by atoms with Crippen LogP contribution in [0.15, 0.2) is 140 Å². The summed E-state index contributed by atoms with van der Waals surface area (Å²) >= 11 is 1.57. The van der Waals surface area contributed by atoms with Crippen molar-refractivity contribution in [1.82, 2.24) is 10.2 Å². The van der Waals surface area contributed by atoms with Crippen molar-refractivity contribution in [2.75, 3.05) is 18.8 Å². The predicted molar refractivity (Wildman–Crippen MR) is 205 cm³/mol. The molecule has 0 saturated heterocycles. The molecule has 0 heterocycles. The van der Waals surface area contributed by atoms with Gasteiger partial charge < -0.3 is 21.1 Å². The average Bonchev–Trinajstić information content (AvgIpc) is 3.48. The molecule has 0 radical (unpaired) electrons. The molecule has 8 heteroatoms. The Bertz CT molecular complexity index is 1800. The Labute approximate surface area is 303 Å². The van der Waals surface area contributed by atoms with Gasteiger partial charge in [0.05, 0.1) is 4.75 Å². The van der Waals surface area contributed by atoms with Gasteiger partial charge in [0.25, 0.3) is 0 Å². The number of carbonyl (C=O) groups excluding carboxylic acids is 2. The molecule has 0 fully saturated rings. The molecule has 0 saturated carbocycles. The summed E-state index contributed by atoms with van der Waals surface area (Å²) in [6.07, 6.45) is 1.12. The van der Waals surface area contributed by atoms with Gasteiger partial charge in [-0.05, 0) is 51.8 Å². The van der Waals surface area contributed by atoms with Crippen LogP contribution in [0.3, 0.4) is 0 Å². The van der Waals surface area contributed by atoms with Gasteiger partial charge in [-0.1, -0.05) is 146 Å². The van der Waals surface area contributed by atoms with Gasteiger partial charge in [0.15, 0.2) is 0 Å². The molecule has 5 aromatic rings. The van der Waals surface area contributed by atoms with E-state index < -0.39 is 22.8 Å². The van der Waals surface area contributed by atoms with Gasteiger partial charge >= 0.3 is 6.09 Å². The van der Waals surface area contributed by atoms with E-state index in [2.05, 4.69) is 66.0 Å². The van der Waals surface area contributed by atoms with Gasteiger partial charge in [0.2, 0.25) is 11.8 Å². The Hall–Kier alpha value is -5.34. The summed E-state index contributed by atoms with van der Waals surface area (Å²) in [5.41, 5.74) is 13.7. The van der Waals surface area contributed by atoms with Crippen molar-refractivity contribution in [3.63, 3.8) is 0 Å². The smallest absolute Gasteiger partial charge is 0.407 e. The number of rotatable bonds is 16. The second-order valence-corrected chi connectivity index (χ2v) is 14.1. The summed E-state index contributed by atoms with van der Waals surface area (Å²) < 4.78 is -0.652. The molecular formula is C43H43N3O4S. The first-order chi connectivity index (χ1) is 24.9. The minimum absolute atomic E-state index is 0.0210. The second kappa shape index (κ2) is 16.6. The highest BCUT2D eigenvalue weighted by Crippen LogP contribution is 2.49. The van der Waals surface area contributed by atoms with Crippen molar-refractivity contribution in [2.24, 2.45) is 5.73 Å². The molecule has 51 heavy (non-hydrogen) atoms. The molecule has 260 valence electrons. The minimum Gasteiger partial charge on any atom is -0.465 e. The third-order valence-electron chi connectivity index (χ3n) is 9.65. The molecule has 1 aliphatic rings. The lowest BCUT2D eigenvalue weighted by molar-refractivity contribution is -0.126. The van der Waals surface area contributed by atoms with Crippen LogP contribution in [-0.4, -0.2) is 52.8 Å². The Morgan fingerprint density at radius 3 is 1.63 bits per heavy atom. The van der Waals surface area contributed by atoms with E-state index >= 15 is 0 Å². The standard InChI is InChI=1S/C43H43N3O4S/c44-41(48)39(30-51-43(31-17-5-1-6-18-31,32-19-7-2-8-20-32)33-21-9-3-10-22-33)45-40(47)27-11-4-16-28-46(42(49)50)29-38-36-25-14-12-23-34(36)35-24-13-15-26-37(35)38/h1-3,5-10,12-15,17-26,38-39H,4,11,16,27-30H2,(H2,44,48)(H,45,47)(H,49,50)/t39-/m0/s1. The van der Waals surface area contributed by atoms with E-state index in [0.29, 0.717) is 32.4 Å². The van der Waals surface area contributed by atoms with Crippen molar-refractivity contribution >= 4 is 29.7 Å².